The number of rotatable bonds is 2. The van der Waals surface area contributed by atoms with Crippen LogP contribution in [0, 0.1) is 0 Å². The van der Waals surface area contributed by atoms with E-state index in [9.17, 15) is 4.79 Å². The summed E-state index contributed by atoms with van der Waals surface area (Å²) in [5.41, 5.74) is 0. The van der Waals surface area contributed by atoms with Crippen molar-refractivity contribution in [2.75, 3.05) is 0 Å². The number of aromatic nitrogens is 1. The Kier molecular flexibility index (Phi) is 1.83. The van der Waals surface area contributed by atoms with Crippen molar-refractivity contribution in [1.29, 1.82) is 0 Å². The van der Waals surface area contributed by atoms with Crippen molar-refractivity contribution in [3.8, 4) is 0 Å². The first kappa shape index (κ1) is 7.71. The first-order chi connectivity index (χ1) is 5.83. The standard InChI is InChI=1S/C7H5BrN2O2/c8-5-6(4-1-2-4)12-10-7(5)9-3-11/h4H,1-2H2. The minimum atomic E-state index is 0.284. The average Bonchev–Trinajstić information content (AvgIpc) is 2.82. The normalized spacial score (nSPS) is 15.8. The van der Waals surface area contributed by atoms with Crippen LogP contribution in [0.15, 0.2) is 14.0 Å². The molecule has 1 aromatic heterocycles. The van der Waals surface area contributed by atoms with Gasteiger partial charge in [-0.05, 0) is 28.8 Å². The molecule has 5 heteroatoms. The smallest absolute Gasteiger partial charge is 0.242 e. The maximum Gasteiger partial charge on any atom is 0.242 e. The zero-order chi connectivity index (χ0) is 8.55. The fraction of sp³-hybridized carbons (Fsp3) is 0.429. The quantitative estimate of drug-likeness (QED) is 0.577. The lowest BCUT2D eigenvalue weighted by Crippen LogP contribution is -1.72. The van der Waals surface area contributed by atoms with Crippen LogP contribution in [0.1, 0.15) is 24.5 Å². The van der Waals surface area contributed by atoms with Gasteiger partial charge >= 0.3 is 0 Å². The van der Waals surface area contributed by atoms with Gasteiger partial charge in [-0.2, -0.15) is 0 Å². The molecule has 0 spiro atoms. The van der Waals surface area contributed by atoms with Crippen molar-refractivity contribution in [1.82, 2.24) is 5.16 Å². The third-order valence-electron chi connectivity index (χ3n) is 1.74. The van der Waals surface area contributed by atoms with E-state index in [1.165, 1.54) is 6.08 Å². The lowest BCUT2D eigenvalue weighted by molar-refractivity contribution is 0.385. The lowest BCUT2D eigenvalue weighted by Gasteiger charge is -1.86. The number of carbonyl (C=O) groups excluding carboxylic acids is 1. The molecular formula is C7H5BrN2O2. The molecule has 1 saturated carbocycles. The van der Waals surface area contributed by atoms with Gasteiger partial charge in [-0.15, -0.1) is 4.99 Å². The van der Waals surface area contributed by atoms with Gasteiger partial charge in [0.1, 0.15) is 4.47 Å². The number of aliphatic imine (C=N–C) groups is 1. The Morgan fingerprint density at radius 3 is 3.00 bits per heavy atom. The summed E-state index contributed by atoms with van der Waals surface area (Å²) in [7, 11) is 0. The van der Waals surface area contributed by atoms with Crippen LogP contribution in [-0.2, 0) is 4.79 Å². The van der Waals surface area contributed by atoms with E-state index in [4.69, 9.17) is 4.52 Å². The molecule has 1 aliphatic rings. The minimum Gasteiger partial charge on any atom is -0.358 e. The monoisotopic (exact) mass is 228 g/mol. The summed E-state index contributed by atoms with van der Waals surface area (Å²) in [6.45, 7) is 0. The molecule has 1 heterocycles. The van der Waals surface area contributed by atoms with E-state index in [2.05, 4.69) is 26.1 Å². The Morgan fingerprint density at radius 1 is 1.67 bits per heavy atom. The molecule has 4 nitrogen and oxygen atoms in total. The first-order valence-corrected chi connectivity index (χ1v) is 4.35. The highest BCUT2D eigenvalue weighted by Crippen LogP contribution is 2.45. The van der Waals surface area contributed by atoms with E-state index in [-0.39, 0.29) is 5.82 Å². The molecule has 0 bridgehead atoms. The van der Waals surface area contributed by atoms with Crippen LogP contribution in [-0.4, -0.2) is 11.2 Å². The van der Waals surface area contributed by atoms with Crippen LogP contribution in [0.25, 0.3) is 0 Å². The van der Waals surface area contributed by atoms with Crippen molar-refractivity contribution < 1.29 is 9.32 Å². The molecule has 0 radical (unpaired) electrons. The molecule has 2 rings (SSSR count). The second-order valence-corrected chi connectivity index (χ2v) is 3.45. The van der Waals surface area contributed by atoms with Gasteiger partial charge in [-0.1, -0.05) is 5.16 Å². The minimum absolute atomic E-state index is 0.284. The Balaban J connectivity index is 2.39. The SMILES string of the molecule is O=C=Nc1noc(C2CC2)c1Br. The van der Waals surface area contributed by atoms with Gasteiger partial charge in [0.25, 0.3) is 0 Å². The van der Waals surface area contributed by atoms with Crippen molar-refractivity contribution in [2.24, 2.45) is 4.99 Å². The van der Waals surface area contributed by atoms with Crippen LogP contribution < -0.4 is 0 Å². The molecule has 0 amide bonds. The lowest BCUT2D eigenvalue weighted by atomic mass is 10.3. The topological polar surface area (TPSA) is 55.5 Å². The zero-order valence-electron chi connectivity index (χ0n) is 6.08. The predicted octanol–water partition coefficient (Wildman–Crippen LogP) is 2.28. The van der Waals surface area contributed by atoms with Crippen LogP contribution in [0.2, 0.25) is 0 Å². The molecule has 0 atom stereocenters. The number of isocyanates is 1. The second kappa shape index (κ2) is 2.84. The summed E-state index contributed by atoms with van der Waals surface area (Å²) < 4.78 is 5.69. The zero-order valence-corrected chi connectivity index (χ0v) is 7.67. The van der Waals surface area contributed by atoms with E-state index < -0.39 is 0 Å². The Bertz CT molecular complexity index is 350. The van der Waals surface area contributed by atoms with Crippen LogP contribution in [0.5, 0.6) is 0 Å². The largest absolute Gasteiger partial charge is 0.358 e. The number of nitrogens with zero attached hydrogens (tertiary/aromatic N) is 2. The van der Waals surface area contributed by atoms with Crippen LogP contribution in [0.4, 0.5) is 5.82 Å². The van der Waals surface area contributed by atoms with Gasteiger partial charge in [0.05, 0.1) is 0 Å². The highest BCUT2D eigenvalue weighted by Gasteiger charge is 2.31. The molecule has 0 N–H and O–H groups in total. The summed E-state index contributed by atoms with van der Waals surface area (Å²) in [6.07, 6.45) is 3.67. The van der Waals surface area contributed by atoms with E-state index >= 15 is 0 Å². The third kappa shape index (κ3) is 1.21. The number of hydrogen-bond acceptors (Lipinski definition) is 4. The molecule has 0 aromatic carbocycles. The summed E-state index contributed by atoms with van der Waals surface area (Å²) in [5, 5.41) is 3.62. The molecule has 1 aromatic rings. The highest BCUT2D eigenvalue weighted by molar-refractivity contribution is 9.10. The van der Waals surface area contributed by atoms with Crippen LogP contribution in [0.3, 0.4) is 0 Å². The Hall–Kier alpha value is -0.930. The molecule has 62 valence electrons. The summed E-state index contributed by atoms with van der Waals surface area (Å²) in [6, 6.07) is 0. The van der Waals surface area contributed by atoms with E-state index in [0.29, 0.717) is 10.4 Å². The second-order valence-electron chi connectivity index (χ2n) is 2.66. The van der Waals surface area contributed by atoms with E-state index in [1.807, 2.05) is 0 Å². The van der Waals surface area contributed by atoms with Gasteiger partial charge in [0.2, 0.25) is 11.9 Å². The molecule has 0 aliphatic heterocycles. The van der Waals surface area contributed by atoms with E-state index in [0.717, 1.165) is 18.6 Å². The molecule has 12 heavy (non-hydrogen) atoms. The number of hydrogen-bond donors (Lipinski definition) is 0. The molecular weight excluding hydrogens is 224 g/mol. The van der Waals surface area contributed by atoms with E-state index in [1.54, 1.807) is 0 Å². The van der Waals surface area contributed by atoms with Gasteiger partial charge in [0, 0.05) is 5.92 Å². The summed E-state index contributed by atoms with van der Waals surface area (Å²) >= 11 is 3.26. The maximum atomic E-state index is 9.93. The first-order valence-electron chi connectivity index (χ1n) is 3.56. The molecule has 1 aliphatic carbocycles. The number of halogens is 1. The van der Waals surface area contributed by atoms with Crippen molar-refractivity contribution in [3.05, 3.63) is 10.2 Å². The van der Waals surface area contributed by atoms with Gasteiger partial charge in [0.15, 0.2) is 5.76 Å². The molecule has 0 unspecified atom stereocenters. The fourth-order valence-corrected chi connectivity index (χ4v) is 1.55. The highest BCUT2D eigenvalue weighted by atomic mass is 79.9. The van der Waals surface area contributed by atoms with Crippen molar-refractivity contribution in [2.45, 2.75) is 18.8 Å². The summed E-state index contributed by atoms with van der Waals surface area (Å²) in [5.74, 6) is 1.54. The van der Waals surface area contributed by atoms with Crippen molar-refractivity contribution in [3.63, 3.8) is 0 Å². The van der Waals surface area contributed by atoms with Crippen molar-refractivity contribution >= 4 is 27.8 Å². The van der Waals surface area contributed by atoms with Gasteiger partial charge < -0.3 is 4.52 Å². The third-order valence-corrected chi connectivity index (χ3v) is 2.49. The predicted molar refractivity (Wildman–Crippen MR) is 44.0 cm³/mol. The van der Waals surface area contributed by atoms with Gasteiger partial charge in [-0.3, -0.25) is 0 Å². The van der Waals surface area contributed by atoms with Gasteiger partial charge in [-0.25, -0.2) is 4.79 Å². The Morgan fingerprint density at radius 2 is 2.42 bits per heavy atom. The fourth-order valence-electron chi connectivity index (χ4n) is 0.995. The molecule has 0 saturated heterocycles. The Labute approximate surface area is 76.8 Å². The molecule has 1 fully saturated rings. The summed E-state index contributed by atoms with van der Waals surface area (Å²) in [4.78, 5) is 13.3. The maximum absolute atomic E-state index is 9.93. The van der Waals surface area contributed by atoms with Crippen LogP contribution >= 0.6 is 15.9 Å². The average molecular weight is 229 g/mol.